The smallest absolute Gasteiger partial charge is 0.0619 e. The van der Waals surface area contributed by atoms with Crippen molar-refractivity contribution in [1.29, 1.82) is 0 Å². The van der Waals surface area contributed by atoms with Gasteiger partial charge in [-0.3, -0.25) is 0 Å². The van der Waals surface area contributed by atoms with Crippen molar-refractivity contribution in [1.82, 2.24) is 0 Å². The Morgan fingerprint density at radius 1 is 1.26 bits per heavy atom. The molecule has 0 bridgehead atoms. The highest BCUT2D eigenvalue weighted by Crippen LogP contribution is 2.35. The molecule has 3 atom stereocenters. The third-order valence-electron chi connectivity index (χ3n) is 4.48. The summed E-state index contributed by atoms with van der Waals surface area (Å²) >= 11 is 0. The fourth-order valence-electron chi connectivity index (χ4n) is 3.22. The van der Waals surface area contributed by atoms with Crippen LogP contribution in [0.15, 0.2) is 18.2 Å². The standard InChI is InChI=1S/C17H27NO/c1-4-12-7-8-13(5-2)15(11-12)17(18)14-9-10-19-16(14)6-3/h7-8,11,14,16-17H,4-6,9-10,18H2,1-3H3. The van der Waals surface area contributed by atoms with Crippen molar-refractivity contribution in [3.05, 3.63) is 34.9 Å². The second-order valence-electron chi connectivity index (χ2n) is 5.54. The molecule has 19 heavy (non-hydrogen) atoms. The van der Waals surface area contributed by atoms with E-state index in [-0.39, 0.29) is 6.04 Å². The Kier molecular flexibility index (Phi) is 5.00. The zero-order valence-electron chi connectivity index (χ0n) is 12.5. The summed E-state index contributed by atoms with van der Waals surface area (Å²) in [6.45, 7) is 7.47. The first-order valence-corrected chi connectivity index (χ1v) is 7.70. The fourth-order valence-corrected chi connectivity index (χ4v) is 3.22. The molecule has 1 aromatic rings. The average molecular weight is 261 g/mol. The molecule has 1 aliphatic heterocycles. The van der Waals surface area contributed by atoms with E-state index in [2.05, 4.69) is 39.0 Å². The Morgan fingerprint density at radius 2 is 2.05 bits per heavy atom. The topological polar surface area (TPSA) is 35.2 Å². The minimum absolute atomic E-state index is 0.119. The Labute approximate surface area is 117 Å². The molecule has 0 amide bonds. The van der Waals surface area contributed by atoms with E-state index in [0.717, 1.165) is 32.3 Å². The highest BCUT2D eigenvalue weighted by atomic mass is 16.5. The number of nitrogens with two attached hydrogens (primary N) is 1. The first-order valence-electron chi connectivity index (χ1n) is 7.70. The van der Waals surface area contributed by atoms with Gasteiger partial charge in [-0.2, -0.15) is 0 Å². The van der Waals surface area contributed by atoms with Crippen LogP contribution in [0.5, 0.6) is 0 Å². The molecule has 2 heteroatoms. The summed E-state index contributed by atoms with van der Waals surface area (Å²) in [7, 11) is 0. The van der Waals surface area contributed by atoms with Crippen molar-refractivity contribution in [2.75, 3.05) is 6.61 Å². The Balaban J connectivity index is 2.28. The summed E-state index contributed by atoms with van der Waals surface area (Å²) in [6.07, 6.45) is 4.62. The van der Waals surface area contributed by atoms with E-state index in [4.69, 9.17) is 10.5 Å². The molecule has 1 saturated heterocycles. The minimum atomic E-state index is 0.119. The van der Waals surface area contributed by atoms with Crippen molar-refractivity contribution in [2.45, 2.75) is 58.6 Å². The molecule has 0 saturated carbocycles. The molecule has 0 spiro atoms. The lowest BCUT2D eigenvalue weighted by atomic mass is 9.84. The molecule has 2 N–H and O–H groups in total. The van der Waals surface area contributed by atoms with Gasteiger partial charge in [-0.05, 0) is 42.4 Å². The molecule has 1 heterocycles. The Hall–Kier alpha value is -0.860. The number of hydrogen-bond acceptors (Lipinski definition) is 2. The van der Waals surface area contributed by atoms with Crippen LogP contribution in [0.3, 0.4) is 0 Å². The van der Waals surface area contributed by atoms with Crippen molar-refractivity contribution in [3.63, 3.8) is 0 Å². The van der Waals surface area contributed by atoms with Crippen molar-refractivity contribution < 1.29 is 4.74 Å². The SMILES string of the molecule is CCc1ccc(CC)c(C(N)C2CCOC2CC)c1. The van der Waals surface area contributed by atoms with Crippen molar-refractivity contribution in [3.8, 4) is 0 Å². The Bertz CT molecular complexity index is 416. The molecule has 106 valence electrons. The normalized spacial score (nSPS) is 24.6. The third-order valence-corrected chi connectivity index (χ3v) is 4.48. The monoisotopic (exact) mass is 261 g/mol. The molecule has 2 nitrogen and oxygen atoms in total. The summed E-state index contributed by atoms with van der Waals surface area (Å²) in [5.74, 6) is 0.474. The largest absolute Gasteiger partial charge is 0.378 e. The third kappa shape index (κ3) is 3.01. The lowest BCUT2D eigenvalue weighted by Crippen LogP contribution is -2.28. The maximum atomic E-state index is 6.59. The lowest BCUT2D eigenvalue weighted by Gasteiger charge is -2.26. The van der Waals surface area contributed by atoms with Gasteiger partial charge < -0.3 is 10.5 Å². The summed E-state index contributed by atoms with van der Waals surface area (Å²) < 4.78 is 5.81. The number of benzene rings is 1. The van der Waals surface area contributed by atoms with E-state index >= 15 is 0 Å². The van der Waals surface area contributed by atoms with Crippen molar-refractivity contribution in [2.24, 2.45) is 11.7 Å². The number of aryl methyl sites for hydroxylation is 2. The molecule has 0 aliphatic carbocycles. The maximum Gasteiger partial charge on any atom is 0.0619 e. The van der Waals surface area contributed by atoms with Gasteiger partial charge in [-0.25, -0.2) is 0 Å². The fraction of sp³-hybridized carbons (Fsp3) is 0.647. The maximum absolute atomic E-state index is 6.59. The summed E-state index contributed by atoms with van der Waals surface area (Å²) in [5, 5.41) is 0. The second-order valence-corrected chi connectivity index (χ2v) is 5.54. The Morgan fingerprint density at radius 3 is 2.68 bits per heavy atom. The van der Waals surface area contributed by atoms with Gasteiger partial charge in [0.25, 0.3) is 0 Å². The summed E-state index contributed by atoms with van der Waals surface area (Å²) in [6, 6.07) is 6.92. The first kappa shape index (κ1) is 14.5. The van der Waals surface area contributed by atoms with Crippen LogP contribution in [0.4, 0.5) is 0 Å². The average Bonchev–Trinajstić information content (AvgIpc) is 2.94. The van der Waals surface area contributed by atoms with Crippen LogP contribution < -0.4 is 5.73 Å². The molecule has 1 fully saturated rings. The van der Waals surface area contributed by atoms with Gasteiger partial charge >= 0.3 is 0 Å². The van der Waals surface area contributed by atoms with Crippen LogP contribution >= 0.6 is 0 Å². The number of hydrogen-bond donors (Lipinski definition) is 1. The summed E-state index contributed by atoms with van der Waals surface area (Å²) in [5.41, 5.74) is 10.7. The van der Waals surface area contributed by atoms with Crippen LogP contribution in [0, 0.1) is 5.92 Å². The molecular weight excluding hydrogens is 234 g/mol. The van der Waals surface area contributed by atoms with Gasteiger partial charge in [-0.1, -0.05) is 39.0 Å². The molecule has 2 rings (SSSR count). The predicted molar refractivity (Wildman–Crippen MR) is 80.3 cm³/mol. The van der Waals surface area contributed by atoms with E-state index < -0.39 is 0 Å². The molecule has 0 aromatic heterocycles. The molecule has 3 unspecified atom stereocenters. The van der Waals surface area contributed by atoms with E-state index in [9.17, 15) is 0 Å². The van der Waals surface area contributed by atoms with Gasteiger partial charge in [-0.15, -0.1) is 0 Å². The van der Waals surface area contributed by atoms with Gasteiger partial charge in [0.2, 0.25) is 0 Å². The highest BCUT2D eigenvalue weighted by Gasteiger charge is 2.33. The molecular formula is C17H27NO. The lowest BCUT2D eigenvalue weighted by molar-refractivity contribution is 0.0812. The minimum Gasteiger partial charge on any atom is -0.378 e. The van der Waals surface area contributed by atoms with Gasteiger partial charge in [0.15, 0.2) is 0 Å². The molecule has 1 aliphatic rings. The first-order chi connectivity index (χ1) is 9.21. The second kappa shape index (κ2) is 6.53. The van der Waals surface area contributed by atoms with E-state index in [0.29, 0.717) is 12.0 Å². The van der Waals surface area contributed by atoms with Crippen molar-refractivity contribution >= 4 is 0 Å². The zero-order valence-corrected chi connectivity index (χ0v) is 12.5. The predicted octanol–water partition coefficient (Wildman–Crippen LogP) is 3.63. The number of rotatable bonds is 5. The quantitative estimate of drug-likeness (QED) is 0.878. The van der Waals surface area contributed by atoms with Crippen LogP contribution in [-0.4, -0.2) is 12.7 Å². The van der Waals surface area contributed by atoms with E-state index in [1.807, 2.05) is 0 Å². The van der Waals surface area contributed by atoms with E-state index in [1.54, 1.807) is 0 Å². The van der Waals surface area contributed by atoms with Crippen LogP contribution in [0.1, 0.15) is 56.3 Å². The van der Waals surface area contributed by atoms with Gasteiger partial charge in [0.1, 0.15) is 0 Å². The summed E-state index contributed by atoms with van der Waals surface area (Å²) in [4.78, 5) is 0. The zero-order chi connectivity index (χ0) is 13.8. The van der Waals surface area contributed by atoms with Gasteiger partial charge in [0.05, 0.1) is 6.10 Å². The van der Waals surface area contributed by atoms with Crippen LogP contribution in [-0.2, 0) is 17.6 Å². The molecule has 0 radical (unpaired) electrons. The number of ether oxygens (including phenoxy) is 1. The van der Waals surface area contributed by atoms with Gasteiger partial charge in [0, 0.05) is 18.6 Å². The molecule has 1 aromatic carbocycles. The van der Waals surface area contributed by atoms with E-state index in [1.165, 1.54) is 16.7 Å². The van der Waals surface area contributed by atoms with Crippen LogP contribution in [0.2, 0.25) is 0 Å². The van der Waals surface area contributed by atoms with Crippen LogP contribution in [0.25, 0.3) is 0 Å². The highest BCUT2D eigenvalue weighted by molar-refractivity contribution is 5.35.